The molecule has 4 nitrogen and oxygen atoms in total. The van der Waals surface area contributed by atoms with Gasteiger partial charge in [0.05, 0.1) is 12.0 Å². The highest BCUT2D eigenvalue weighted by Crippen LogP contribution is 2.32. The molecular weight excluding hydrogens is 362 g/mol. The van der Waals surface area contributed by atoms with Crippen molar-refractivity contribution >= 4 is 23.1 Å². The molecule has 0 spiro atoms. The maximum Gasteiger partial charge on any atom is 0.196 e. The van der Waals surface area contributed by atoms with Crippen LogP contribution in [0.25, 0.3) is 16.4 Å². The molecule has 0 amide bonds. The molecule has 2 aromatic heterocycles. The first-order chi connectivity index (χ1) is 12.8. The first-order valence-corrected chi connectivity index (χ1v) is 10.0. The van der Waals surface area contributed by atoms with Crippen molar-refractivity contribution in [1.82, 2.24) is 14.8 Å². The zero-order valence-electron chi connectivity index (χ0n) is 14.2. The van der Waals surface area contributed by atoms with Gasteiger partial charge < -0.3 is 4.74 Å². The normalized spacial score (nSPS) is 10.8. The molecule has 0 N–H and O–H groups in total. The molecule has 4 rings (SSSR count). The van der Waals surface area contributed by atoms with Gasteiger partial charge in [-0.3, -0.25) is 4.57 Å². The van der Waals surface area contributed by atoms with Crippen LogP contribution in [-0.4, -0.2) is 21.9 Å². The lowest BCUT2D eigenvalue weighted by Crippen LogP contribution is -1.98. The van der Waals surface area contributed by atoms with E-state index in [1.165, 1.54) is 5.56 Å². The Balaban J connectivity index is 1.68. The van der Waals surface area contributed by atoms with Crippen LogP contribution in [0.15, 0.2) is 77.3 Å². The number of hydrogen-bond donors (Lipinski definition) is 0. The van der Waals surface area contributed by atoms with E-state index in [4.69, 9.17) is 4.74 Å². The van der Waals surface area contributed by atoms with Gasteiger partial charge in [0, 0.05) is 11.4 Å². The third-order valence-electron chi connectivity index (χ3n) is 3.89. The first kappa shape index (κ1) is 16.9. The van der Waals surface area contributed by atoms with Gasteiger partial charge in [-0.25, -0.2) is 0 Å². The van der Waals surface area contributed by atoms with Crippen molar-refractivity contribution in [3.63, 3.8) is 0 Å². The third kappa shape index (κ3) is 3.52. The molecule has 0 aliphatic carbocycles. The summed E-state index contributed by atoms with van der Waals surface area (Å²) in [5.41, 5.74) is 2.25. The summed E-state index contributed by atoms with van der Waals surface area (Å²) in [7, 11) is 1.69. The van der Waals surface area contributed by atoms with Gasteiger partial charge in [-0.05, 0) is 41.3 Å². The minimum absolute atomic E-state index is 0.798. The van der Waals surface area contributed by atoms with Crippen molar-refractivity contribution < 1.29 is 4.74 Å². The lowest BCUT2D eigenvalue weighted by Gasteiger charge is -2.09. The predicted molar refractivity (Wildman–Crippen MR) is 107 cm³/mol. The van der Waals surface area contributed by atoms with Crippen LogP contribution < -0.4 is 4.74 Å². The number of rotatable bonds is 6. The molecule has 26 heavy (non-hydrogen) atoms. The second-order valence-electron chi connectivity index (χ2n) is 5.59. The summed E-state index contributed by atoms with van der Waals surface area (Å²) in [6.07, 6.45) is 0. The van der Waals surface area contributed by atoms with E-state index in [1.807, 2.05) is 36.4 Å². The highest BCUT2D eigenvalue weighted by Gasteiger charge is 2.16. The minimum Gasteiger partial charge on any atom is -0.497 e. The fraction of sp³-hybridized carbons (Fsp3) is 0.100. The van der Waals surface area contributed by atoms with E-state index in [0.29, 0.717) is 0 Å². The molecule has 0 bridgehead atoms. The van der Waals surface area contributed by atoms with E-state index < -0.39 is 0 Å². The van der Waals surface area contributed by atoms with Crippen LogP contribution in [0.3, 0.4) is 0 Å². The number of para-hydroxylation sites is 1. The van der Waals surface area contributed by atoms with E-state index in [9.17, 15) is 0 Å². The Morgan fingerprint density at radius 1 is 1.00 bits per heavy atom. The van der Waals surface area contributed by atoms with Gasteiger partial charge in [0.25, 0.3) is 0 Å². The number of ether oxygens (including phenoxy) is 1. The number of benzene rings is 2. The number of methoxy groups -OCH3 is 1. The van der Waals surface area contributed by atoms with Crippen molar-refractivity contribution in [3.8, 4) is 22.1 Å². The Bertz CT molecular complexity index is 981. The molecule has 0 aliphatic heterocycles. The number of thioether (sulfide) groups is 1. The number of aromatic nitrogens is 3. The molecule has 0 aliphatic rings. The predicted octanol–water partition coefficient (Wildman–Crippen LogP) is 5.30. The largest absolute Gasteiger partial charge is 0.497 e. The zero-order chi connectivity index (χ0) is 17.8. The second-order valence-corrected chi connectivity index (χ2v) is 7.48. The van der Waals surface area contributed by atoms with Crippen LogP contribution in [-0.2, 0) is 5.75 Å². The van der Waals surface area contributed by atoms with Gasteiger partial charge in [-0.1, -0.05) is 48.2 Å². The number of nitrogens with zero attached hydrogens (tertiary/aromatic N) is 3. The summed E-state index contributed by atoms with van der Waals surface area (Å²) in [4.78, 5) is 1.11. The van der Waals surface area contributed by atoms with Crippen LogP contribution in [0, 0.1) is 0 Å². The van der Waals surface area contributed by atoms with Gasteiger partial charge in [-0.15, -0.1) is 21.5 Å². The van der Waals surface area contributed by atoms with Crippen LogP contribution in [0.1, 0.15) is 5.56 Å². The average molecular weight is 380 g/mol. The summed E-state index contributed by atoms with van der Waals surface area (Å²) in [5, 5.41) is 11.9. The quantitative estimate of drug-likeness (QED) is 0.426. The molecule has 130 valence electrons. The van der Waals surface area contributed by atoms with Crippen molar-refractivity contribution in [2.75, 3.05) is 7.11 Å². The minimum atomic E-state index is 0.798. The van der Waals surface area contributed by atoms with Gasteiger partial charge in [-0.2, -0.15) is 0 Å². The Kier molecular flexibility index (Phi) is 5.04. The monoisotopic (exact) mass is 379 g/mol. The van der Waals surface area contributed by atoms with Gasteiger partial charge in [0.15, 0.2) is 11.0 Å². The van der Waals surface area contributed by atoms with Crippen molar-refractivity contribution in [2.45, 2.75) is 10.9 Å². The Hall–Kier alpha value is -2.57. The van der Waals surface area contributed by atoms with E-state index in [1.54, 1.807) is 30.2 Å². The average Bonchev–Trinajstić information content (AvgIpc) is 3.36. The molecule has 6 heteroatoms. The molecular formula is C20H17N3OS2. The lowest BCUT2D eigenvalue weighted by molar-refractivity contribution is 0.414. The van der Waals surface area contributed by atoms with E-state index >= 15 is 0 Å². The van der Waals surface area contributed by atoms with Gasteiger partial charge in [0.2, 0.25) is 0 Å². The fourth-order valence-corrected chi connectivity index (χ4v) is 4.24. The van der Waals surface area contributed by atoms with E-state index in [2.05, 4.69) is 50.5 Å². The van der Waals surface area contributed by atoms with Crippen LogP contribution in [0.2, 0.25) is 0 Å². The molecule has 0 unspecified atom stereocenters. The van der Waals surface area contributed by atoms with Crippen molar-refractivity contribution in [1.29, 1.82) is 0 Å². The van der Waals surface area contributed by atoms with Gasteiger partial charge >= 0.3 is 0 Å². The summed E-state index contributed by atoms with van der Waals surface area (Å²) >= 11 is 3.34. The fourth-order valence-electron chi connectivity index (χ4n) is 2.65. The maximum absolute atomic E-state index is 5.31. The Morgan fingerprint density at radius 2 is 1.88 bits per heavy atom. The summed E-state index contributed by atoms with van der Waals surface area (Å²) in [6.45, 7) is 0. The molecule has 0 saturated carbocycles. The smallest absolute Gasteiger partial charge is 0.196 e. The molecule has 4 aromatic rings. The number of hydrogen-bond acceptors (Lipinski definition) is 5. The first-order valence-electron chi connectivity index (χ1n) is 8.15. The SMILES string of the molecule is COc1cccc(CSc2nnc(-c3cccs3)n2-c2ccccc2)c1. The lowest BCUT2D eigenvalue weighted by atomic mass is 10.2. The van der Waals surface area contributed by atoms with Crippen LogP contribution >= 0.6 is 23.1 Å². The van der Waals surface area contributed by atoms with E-state index in [-0.39, 0.29) is 0 Å². The summed E-state index contributed by atoms with van der Waals surface area (Å²) in [6, 6.07) is 22.5. The summed E-state index contributed by atoms with van der Waals surface area (Å²) < 4.78 is 7.43. The zero-order valence-corrected chi connectivity index (χ0v) is 15.8. The Labute approximate surface area is 160 Å². The number of thiophene rings is 1. The van der Waals surface area contributed by atoms with E-state index in [0.717, 1.165) is 33.0 Å². The third-order valence-corrected chi connectivity index (χ3v) is 5.76. The molecule has 0 saturated heterocycles. The topological polar surface area (TPSA) is 39.9 Å². The maximum atomic E-state index is 5.31. The standard InChI is InChI=1S/C20H17N3OS2/c1-24-17-10-5-7-15(13-17)14-26-20-22-21-19(18-11-6-12-25-18)23(20)16-8-3-2-4-9-16/h2-13H,14H2,1H3. The highest BCUT2D eigenvalue weighted by atomic mass is 32.2. The van der Waals surface area contributed by atoms with Gasteiger partial charge in [0.1, 0.15) is 5.75 Å². The second kappa shape index (κ2) is 7.76. The van der Waals surface area contributed by atoms with Crippen LogP contribution in [0.4, 0.5) is 0 Å². The molecule has 0 fully saturated rings. The van der Waals surface area contributed by atoms with Crippen LogP contribution in [0.5, 0.6) is 5.75 Å². The highest BCUT2D eigenvalue weighted by molar-refractivity contribution is 7.98. The molecule has 2 heterocycles. The molecule has 2 aromatic carbocycles. The van der Waals surface area contributed by atoms with Crippen molar-refractivity contribution in [3.05, 3.63) is 77.7 Å². The molecule has 0 atom stereocenters. The summed E-state index contributed by atoms with van der Waals surface area (Å²) in [5.74, 6) is 2.54. The molecule has 0 radical (unpaired) electrons. The Morgan fingerprint density at radius 3 is 2.65 bits per heavy atom. The van der Waals surface area contributed by atoms with Crippen molar-refractivity contribution in [2.24, 2.45) is 0 Å².